The van der Waals surface area contributed by atoms with Gasteiger partial charge < -0.3 is 10.0 Å². The van der Waals surface area contributed by atoms with E-state index in [0.717, 1.165) is 0 Å². The van der Waals surface area contributed by atoms with Gasteiger partial charge in [0.2, 0.25) is 0 Å². The van der Waals surface area contributed by atoms with Crippen molar-refractivity contribution in [3.63, 3.8) is 0 Å². The van der Waals surface area contributed by atoms with E-state index in [0.29, 0.717) is 0 Å². The molecule has 1 radical (unpaired) electrons. The maximum absolute atomic E-state index is 7.00. The van der Waals surface area contributed by atoms with Crippen molar-refractivity contribution in [2.45, 2.75) is 19.6 Å². The van der Waals surface area contributed by atoms with Gasteiger partial charge in [-0.05, 0) is 11.1 Å². The van der Waals surface area contributed by atoms with Crippen LogP contribution in [-0.2, 0) is 0 Å². The second kappa shape index (κ2) is 6.89. The van der Waals surface area contributed by atoms with Crippen molar-refractivity contribution in [3.8, 4) is 11.1 Å². The van der Waals surface area contributed by atoms with Gasteiger partial charge in [-0.25, -0.2) is 0 Å². The second-order valence-corrected chi connectivity index (χ2v) is 6.89. The monoisotopic (exact) mass is 195 g/mol. The lowest BCUT2D eigenvalue weighted by Gasteiger charge is -2.10. The molecule has 13 heavy (non-hydrogen) atoms. The quantitative estimate of drug-likeness (QED) is 0.621. The van der Waals surface area contributed by atoms with Crippen LogP contribution in [0.4, 0.5) is 0 Å². The molecule has 0 saturated carbocycles. The van der Waals surface area contributed by atoms with Gasteiger partial charge in [-0.1, -0.05) is 43.9 Å². The largest absolute Gasteiger partial charge is 0.482 e. The number of benzene rings is 1. The Bertz CT molecular complexity index is 200. The van der Waals surface area contributed by atoms with Crippen LogP contribution < -0.4 is 0 Å². The molecule has 0 heterocycles. The Balaban J connectivity index is 0.000000184. The van der Waals surface area contributed by atoms with Crippen LogP contribution in [0.5, 0.6) is 0 Å². The third kappa shape index (κ3) is 5.63. The third-order valence-corrected chi connectivity index (χ3v) is 1.22. The van der Waals surface area contributed by atoms with Crippen molar-refractivity contribution in [2.75, 3.05) is 0 Å². The fourth-order valence-corrected chi connectivity index (χ4v) is 0.663. The maximum Gasteiger partial charge on any atom is 0.482 e. The van der Waals surface area contributed by atoms with Crippen molar-refractivity contribution in [3.05, 3.63) is 24.3 Å². The van der Waals surface area contributed by atoms with Gasteiger partial charge in [0.05, 0.1) is 0 Å². The Morgan fingerprint density at radius 2 is 1.08 bits per heavy atom. The summed E-state index contributed by atoms with van der Waals surface area (Å²) in [5.41, 5.74) is 2.85. The first-order chi connectivity index (χ1) is 6.11. The molecule has 0 fully saturated rings. The SMILES string of the molecule is C[SiH](C)C.O[B]O.c1cc2ccc1-2. The van der Waals surface area contributed by atoms with E-state index < -0.39 is 0 Å². The molecule has 0 aliphatic heterocycles. The summed E-state index contributed by atoms with van der Waals surface area (Å²) in [6.07, 6.45) is 0. The van der Waals surface area contributed by atoms with E-state index in [-0.39, 0.29) is 16.5 Å². The van der Waals surface area contributed by atoms with Crippen molar-refractivity contribution in [1.29, 1.82) is 0 Å². The highest BCUT2D eigenvalue weighted by Gasteiger charge is 2.03. The zero-order valence-corrected chi connectivity index (χ0v) is 9.51. The van der Waals surface area contributed by atoms with Crippen molar-refractivity contribution in [1.82, 2.24) is 0 Å². The predicted molar refractivity (Wildman–Crippen MR) is 60.4 cm³/mol. The van der Waals surface area contributed by atoms with Gasteiger partial charge in [-0.15, -0.1) is 0 Å². The smallest absolute Gasteiger partial charge is 0.429 e. The first-order valence-electron chi connectivity index (χ1n) is 4.32. The predicted octanol–water partition coefficient (Wildman–Crippen LogP) is 1.28. The molecule has 0 saturated heterocycles. The van der Waals surface area contributed by atoms with Crippen molar-refractivity contribution < 1.29 is 10.0 Å². The lowest BCUT2D eigenvalue weighted by molar-refractivity contribution is 0.448. The lowest BCUT2D eigenvalue weighted by Crippen LogP contribution is -1.85. The molecular formula is C9H16BO2Si. The fraction of sp³-hybridized carbons (Fsp3) is 0.333. The van der Waals surface area contributed by atoms with E-state index in [1.807, 2.05) is 0 Å². The number of rotatable bonds is 0. The molecule has 0 atom stereocenters. The van der Waals surface area contributed by atoms with E-state index in [1.165, 1.54) is 11.1 Å². The first kappa shape index (κ1) is 12.4. The number of hydrogen-bond acceptors (Lipinski definition) is 2. The summed E-state index contributed by atoms with van der Waals surface area (Å²) in [5, 5.41) is 14.0. The van der Waals surface area contributed by atoms with E-state index in [9.17, 15) is 0 Å². The standard InChI is InChI=1S/C6H4.C3H10Si.BH2O2/c1-2-6-4-3-5(1)6;1-4(2)3;2-1-3/h1-4H;4H,1-3H3;2-3H. The van der Waals surface area contributed by atoms with Crippen LogP contribution in [0.2, 0.25) is 19.6 Å². The molecule has 71 valence electrons. The molecule has 2 nitrogen and oxygen atoms in total. The summed E-state index contributed by atoms with van der Waals surface area (Å²) in [7, 11) is -0.139. The van der Waals surface area contributed by atoms with Crippen LogP contribution in [0, 0.1) is 0 Å². The summed E-state index contributed by atoms with van der Waals surface area (Å²) in [4.78, 5) is 0. The van der Waals surface area contributed by atoms with Gasteiger partial charge in [-0.2, -0.15) is 0 Å². The molecule has 2 rings (SSSR count). The van der Waals surface area contributed by atoms with Crippen LogP contribution >= 0.6 is 0 Å². The normalized spacial score (nSPS) is 9.08. The molecule has 0 aromatic rings. The summed E-state index contributed by atoms with van der Waals surface area (Å²) in [5.74, 6) is 0. The van der Waals surface area contributed by atoms with Crippen LogP contribution in [0.1, 0.15) is 0 Å². The topological polar surface area (TPSA) is 40.5 Å². The molecule has 2 aliphatic carbocycles. The zero-order chi connectivity index (χ0) is 10.3. The highest BCUT2D eigenvalue weighted by Crippen LogP contribution is 2.29. The average molecular weight is 195 g/mol. The van der Waals surface area contributed by atoms with Crippen LogP contribution in [0.3, 0.4) is 0 Å². The molecular weight excluding hydrogens is 179 g/mol. The van der Waals surface area contributed by atoms with E-state index in [2.05, 4.69) is 43.9 Å². The van der Waals surface area contributed by atoms with E-state index in [4.69, 9.17) is 10.0 Å². The average Bonchev–Trinajstić information content (AvgIpc) is 1.97. The molecule has 0 unspecified atom stereocenters. The highest BCUT2D eigenvalue weighted by atomic mass is 28.3. The molecule has 0 amide bonds. The number of fused-ring (bicyclic) bond motifs is 1. The van der Waals surface area contributed by atoms with E-state index >= 15 is 0 Å². The van der Waals surface area contributed by atoms with Crippen molar-refractivity contribution in [2.24, 2.45) is 0 Å². The van der Waals surface area contributed by atoms with Gasteiger partial charge in [0.1, 0.15) is 0 Å². The van der Waals surface area contributed by atoms with Gasteiger partial charge in [0, 0.05) is 8.80 Å². The van der Waals surface area contributed by atoms with E-state index in [1.54, 1.807) is 0 Å². The van der Waals surface area contributed by atoms with Crippen molar-refractivity contribution >= 4 is 16.5 Å². The minimum Gasteiger partial charge on any atom is -0.429 e. The minimum absolute atomic E-state index is 0. The Morgan fingerprint density at radius 1 is 0.923 bits per heavy atom. The fourth-order valence-electron chi connectivity index (χ4n) is 0.663. The minimum atomic E-state index is -0.139. The molecule has 2 aliphatic rings. The van der Waals surface area contributed by atoms with Gasteiger partial charge in [-0.3, -0.25) is 0 Å². The Morgan fingerprint density at radius 3 is 1.08 bits per heavy atom. The summed E-state index contributed by atoms with van der Waals surface area (Å²) in [6.45, 7) is 6.92. The van der Waals surface area contributed by atoms with Crippen LogP contribution in [-0.4, -0.2) is 26.5 Å². The zero-order valence-electron chi connectivity index (χ0n) is 8.36. The molecule has 0 spiro atoms. The summed E-state index contributed by atoms with van der Waals surface area (Å²) >= 11 is 0. The van der Waals surface area contributed by atoms with Gasteiger partial charge in [0.15, 0.2) is 0 Å². The van der Waals surface area contributed by atoms with Gasteiger partial charge in [0.25, 0.3) is 0 Å². The Hall–Kier alpha value is -0.578. The molecule has 2 N–H and O–H groups in total. The molecule has 0 aromatic heterocycles. The first-order valence-corrected chi connectivity index (χ1v) is 7.78. The molecule has 0 bridgehead atoms. The summed E-state index contributed by atoms with van der Waals surface area (Å²) < 4.78 is 0. The molecule has 4 heteroatoms. The second-order valence-electron chi connectivity index (χ2n) is 3.42. The molecule has 0 aromatic carbocycles. The van der Waals surface area contributed by atoms with Gasteiger partial charge >= 0.3 is 7.69 Å². The maximum atomic E-state index is 7.00. The number of hydrogen-bond donors (Lipinski definition) is 2. The Kier molecular flexibility index (Phi) is 6.58. The van der Waals surface area contributed by atoms with Crippen LogP contribution in [0.25, 0.3) is 11.1 Å². The lowest BCUT2D eigenvalue weighted by atomic mass is 9.95. The third-order valence-electron chi connectivity index (χ3n) is 1.22. The summed E-state index contributed by atoms with van der Waals surface area (Å²) in [6, 6.07) is 8.48. The Labute approximate surface area is 82.2 Å². The highest BCUT2D eigenvalue weighted by molar-refractivity contribution is 6.54. The van der Waals surface area contributed by atoms with Crippen LogP contribution in [0.15, 0.2) is 24.3 Å².